The van der Waals surface area contributed by atoms with Gasteiger partial charge in [0.1, 0.15) is 17.7 Å². The van der Waals surface area contributed by atoms with Gasteiger partial charge in [0.15, 0.2) is 0 Å². The summed E-state index contributed by atoms with van der Waals surface area (Å²) in [4.78, 5) is 22.4. The van der Waals surface area contributed by atoms with Crippen molar-refractivity contribution in [2.24, 2.45) is 9.98 Å². The van der Waals surface area contributed by atoms with E-state index in [1.54, 1.807) is 23.2 Å². The molecule has 0 bridgehead atoms. The number of aliphatic imine (C=N–C) groups is 2. The first-order valence-corrected chi connectivity index (χ1v) is 9.89. The summed E-state index contributed by atoms with van der Waals surface area (Å²) >= 11 is 5.98. The Labute approximate surface area is 177 Å². The van der Waals surface area contributed by atoms with Crippen molar-refractivity contribution in [1.82, 2.24) is 4.90 Å². The van der Waals surface area contributed by atoms with Gasteiger partial charge in [0.2, 0.25) is 11.7 Å². The standard InChI is InChI=1S/C22H17ClF2N4O/c23-22-18(25)7-6-17(24)21(22)13-4-5-14-11-29(12-15(14)8-13)20(30)3-1-2-16-10-27-19(9-26)28-16/h4-8,10,16H,1-3,11-12H2. The molecular weight excluding hydrogens is 410 g/mol. The molecule has 30 heavy (non-hydrogen) atoms. The molecule has 0 aromatic heterocycles. The Morgan fingerprint density at radius 2 is 1.97 bits per heavy atom. The Morgan fingerprint density at radius 1 is 1.20 bits per heavy atom. The molecule has 8 heteroatoms. The lowest BCUT2D eigenvalue weighted by Crippen LogP contribution is -2.25. The lowest BCUT2D eigenvalue weighted by atomic mass is 10.00. The van der Waals surface area contributed by atoms with Gasteiger partial charge in [0.25, 0.3) is 0 Å². The molecule has 1 unspecified atom stereocenters. The first-order valence-electron chi connectivity index (χ1n) is 9.52. The molecule has 4 rings (SSSR count). The number of fused-ring (bicyclic) bond motifs is 1. The predicted octanol–water partition coefficient (Wildman–Crippen LogP) is 4.67. The molecule has 2 aromatic rings. The maximum absolute atomic E-state index is 14.2. The summed E-state index contributed by atoms with van der Waals surface area (Å²) in [5, 5.41) is 8.51. The molecule has 0 saturated heterocycles. The van der Waals surface area contributed by atoms with Gasteiger partial charge < -0.3 is 4.90 Å². The van der Waals surface area contributed by atoms with Crippen molar-refractivity contribution in [3.05, 3.63) is 58.1 Å². The average molecular weight is 427 g/mol. The molecule has 0 fully saturated rings. The molecule has 0 spiro atoms. The van der Waals surface area contributed by atoms with Crippen molar-refractivity contribution in [1.29, 1.82) is 5.26 Å². The Bertz CT molecular complexity index is 1120. The van der Waals surface area contributed by atoms with Crippen LogP contribution >= 0.6 is 11.6 Å². The Hall–Kier alpha value is -3.11. The number of rotatable bonds is 5. The third-order valence-electron chi connectivity index (χ3n) is 5.26. The van der Waals surface area contributed by atoms with E-state index in [0.717, 1.165) is 23.3 Å². The van der Waals surface area contributed by atoms with Crippen LogP contribution in [0.25, 0.3) is 11.1 Å². The first-order chi connectivity index (χ1) is 14.5. The zero-order valence-corrected chi connectivity index (χ0v) is 16.7. The zero-order valence-electron chi connectivity index (χ0n) is 15.9. The number of amides is 1. The highest BCUT2D eigenvalue weighted by atomic mass is 35.5. The normalized spacial score (nSPS) is 17.1. The second-order valence-electron chi connectivity index (χ2n) is 7.25. The van der Waals surface area contributed by atoms with Crippen LogP contribution in [-0.2, 0) is 17.9 Å². The quantitative estimate of drug-likeness (QED) is 0.652. The lowest BCUT2D eigenvalue weighted by Gasteiger charge is -2.15. The van der Waals surface area contributed by atoms with E-state index < -0.39 is 11.6 Å². The van der Waals surface area contributed by atoms with E-state index in [2.05, 4.69) is 9.98 Å². The summed E-state index contributed by atoms with van der Waals surface area (Å²) < 4.78 is 28.0. The first kappa shape index (κ1) is 20.2. The van der Waals surface area contributed by atoms with Crippen molar-refractivity contribution in [2.45, 2.75) is 38.4 Å². The highest BCUT2D eigenvalue weighted by Crippen LogP contribution is 2.35. The summed E-state index contributed by atoms with van der Waals surface area (Å²) in [6, 6.07) is 9.09. The number of nitriles is 1. The van der Waals surface area contributed by atoms with Gasteiger partial charge in [0.05, 0.1) is 11.1 Å². The Kier molecular flexibility index (Phi) is 5.60. The minimum absolute atomic E-state index is 0.0159. The molecule has 1 atom stereocenters. The zero-order chi connectivity index (χ0) is 21.3. The van der Waals surface area contributed by atoms with Gasteiger partial charge in [0, 0.05) is 31.3 Å². The summed E-state index contributed by atoms with van der Waals surface area (Å²) in [6.07, 6.45) is 3.29. The largest absolute Gasteiger partial charge is 0.334 e. The van der Waals surface area contributed by atoms with Gasteiger partial charge >= 0.3 is 0 Å². The van der Waals surface area contributed by atoms with Crippen molar-refractivity contribution in [3.8, 4) is 17.2 Å². The SMILES string of the molecule is N#CC1=NC(CCCC(=O)N2Cc3ccc(-c4c(F)ccc(F)c4Cl)cc3C2)C=N1. The highest BCUT2D eigenvalue weighted by Gasteiger charge is 2.25. The Balaban J connectivity index is 1.40. The molecule has 0 saturated carbocycles. The minimum atomic E-state index is -0.677. The van der Waals surface area contributed by atoms with Crippen molar-refractivity contribution in [2.75, 3.05) is 0 Å². The third kappa shape index (κ3) is 3.96. The van der Waals surface area contributed by atoms with Crippen molar-refractivity contribution in [3.63, 3.8) is 0 Å². The number of amidine groups is 1. The van der Waals surface area contributed by atoms with Crippen LogP contribution in [-0.4, -0.2) is 28.9 Å². The van der Waals surface area contributed by atoms with Crippen LogP contribution < -0.4 is 0 Å². The van der Waals surface area contributed by atoms with E-state index in [-0.39, 0.29) is 28.4 Å². The topological polar surface area (TPSA) is 68.8 Å². The molecule has 0 N–H and O–H groups in total. The number of hydrogen-bond acceptors (Lipinski definition) is 4. The molecule has 0 radical (unpaired) electrons. The van der Waals surface area contributed by atoms with Crippen LogP contribution in [0, 0.1) is 23.0 Å². The number of halogens is 3. The molecule has 152 valence electrons. The maximum Gasteiger partial charge on any atom is 0.227 e. The number of benzene rings is 2. The molecule has 1 amide bonds. The maximum atomic E-state index is 14.2. The van der Waals surface area contributed by atoms with E-state index in [0.29, 0.717) is 37.9 Å². The van der Waals surface area contributed by atoms with Crippen LogP contribution in [0.15, 0.2) is 40.3 Å². The summed E-state index contributed by atoms with van der Waals surface area (Å²) in [7, 11) is 0. The molecule has 2 aliphatic heterocycles. The third-order valence-corrected chi connectivity index (χ3v) is 5.63. The van der Waals surface area contributed by atoms with Crippen molar-refractivity contribution >= 4 is 29.6 Å². The van der Waals surface area contributed by atoms with E-state index in [9.17, 15) is 13.6 Å². The minimum Gasteiger partial charge on any atom is -0.334 e. The molecular formula is C22H17ClF2N4O. The van der Waals surface area contributed by atoms with E-state index in [1.807, 2.05) is 12.1 Å². The summed E-state index contributed by atoms with van der Waals surface area (Å²) in [5.41, 5.74) is 2.38. The van der Waals surface area contributed by atoms with Crippen LogP contribution in [0.3, 0.4) is 0 Å². The highest BCUT2D eigenvalue weighted by molar-refractivity contribution is 6.33. The fourth-order valence-electron chi connectivity index (χ4n) is 3.72. The molecule has 5 nitrogen and oxygen atoms in total. The van der Waals surface area contributed by atoms with Gasteiger partial charge in [-0.25, -0.2) is 18.8 Å². The number of nitrogens with zero attached hydrogens (tertiary/aromatic N) is 4. The molecule has 2 heterocycles. The van der Waals surface area contributed by atoms with E-state index in [1.165, 1.54) is 0 Å². The fraction of sp³-hybridized carbons (Fsp3) is 0.273. The monoisotopic (exact) mass is 426 g/mol. The smallest absolute Gasteiger partial charge is 0.227 e. The van der Waals surface area contributed by atoms with Gasteiger partial charge in [-0.2, -0.15) is 5.26 Å². The van der Waals surface area contributed by atoms with Gasteiger partial charge in [-0.3, -0.25) is 4.79 Å². The number of carbonyl (C=O) groups excluding carboxylic acids is 1. The second kappa shape index (κ2) is 8.33. The summed E-state index contributed by atoms with van der Waals surface area (Å²) in [5.74, 6) is -1.08. The Morgan fingerprint density at radius 3 is 2.73 bits per heavy atom. The average Bonchev–Trinajstić information content (AvgIpc) is 3.37. The van der Waals surface area contributed by atoms with Crippen molar-refractivity contribution < 1.29 is 13.6 Å². The second-order valence-corrected chi connectivity index (χ2v) is 7.63. The van der Waals surface area contributed by atoms with Gasteiger partial charge in [-0.15, -0.1) is 0 Å². The number of carbonyl (C=O) groups is 1. The fourth-order valence-corrected chi connectivity index (χ4v) is 3.98. The van der Waals surface area contributed by atoms with E-state index in [4.69, 9.17) is 16.9 Å². The number of hydrogen-bond donors (Lipinski definition) is 0. The predicted molar refractivity (Wildman–Crippen MR) is 110 cm³/mol. The van der Waals surface area contributed by atoms with Crippen LogP contribution in [0.4, 0.5) is 8.78 Å². The van der Waals surface area contributed by atoms with Gasteiger partial charge in [-0.05, 0) is 47.7 Å². The molecule has 2 aromatic carbocycles. The van der Waals surface area contributed by atoms with E-state index >= 15 is 0 Å². The van der Waals surface area contributed by atoms with Gasteiger partial charge in [-0.1, -0.05) is 23.7 Å². The molecule has 0 aliphatic carbocycles. The van der Waals surface area contributed by atoms with Crippen LogP contribution in [0.1, 0.15) is 30.4 Å². The van der Waals surface area contributed by atoms with Crippen LogP contribution in [0.5, 0.6) is 0 Å². The lowest BCUT2D eigenvalue weighted by molar-refractivity contribution is -0.131. The summed E-state index contributed by atoms with van der Waals surface area (Å²) in [6.45, 7) is 0.896. The van der Waals surface area contributed by atoms with Crippen LogP contribution in [0.2, 0.25) is 5.02 Å². The molecule has 2 aliphatic rings.